The molecule has 1 aliphatic rings. The molecule has 4 heteroatoms. The van der Waals surface area contributed by atoms with Gasteiger partial charge < -0.3 is 15.1 Å². The second kappa shape index (κ2) is 9.45. The predicted molar refractivity (Wildman–Crippen MR) is 122 cm³/mol. The minimum absolute atomic E-state index is 0.124. The van der Waals surface area contributed by atoms with E-state index in [1.807, 2.05) is 0 Å². The minimum atomic E-state index is 0.124. The molecule has 2 N–H and O–H groups in total. The second-order valence-electron chi connectivity index (χ2n) is 8.87. The Labute approximate surface area is 175 Å². The minimum Gasteiger partial charge on any atom is -0.360 e. The van der Waals surface area contributed by atoms with E-state index in [9.17, 15) is 4.79 Å². The summed E-state index contributed by atoms with van der Waals surface area (Å²) < 4.78 is 0. The summed E-state index contributed by atoms with van der Waals surface area (Å²) in [5.41, 5.74) is 6.12. The zero-order chi connectivity index (χ0) is 21.0. The molecule has 0 unspecified atom stereocenters. The van der Waals surface area contributed by atoms with Crippen LogP contribution in [-0.4, -0.2) is 38.6 Å². The third-order valence-electron chi connectivity index (χ3n) is 5.97. The lowest BCUT2D eigenvalue weighted by atomic mass is 9.92. The van der Waals surface area contributed by atoms with Gasteiger partial charge in [-0.3, -0.25) is 4.79 Å². The van der Waals surface area contributed by atoms with Crippen molar-refractivity contribution in [2.45, 2.75) is 46.5 Å². The predicted octanol–water partition coefficient (Wildman–Crippen LogP) is 3.59. The van der Waals surface area contributed by atoms with Crippen LogP contribution in [0.3, 0.4) is 0 Å². The summed E-state index contributed by atoms with van der Waals surface area (Å²) in [6.07, 6.45) is 0. The third kappa shape index (κ3) is 5.18. The van der Waals surface area contributed by atoms with Crippen molar-refractivity contribution in [2.24, 2.45) is 0 Å². The number of nitrogens with one attached hydrogen (secondary N) is 2. The van der Waals surface area contributed by atoms with Crippen molar-refractivity contribution < 1.29 is 9.69 Å². The molecule has 1 saturated heterocycles. The van der Waals surface area contributed by atoms with E-state index in [-0.39, 0.29) is 5.91 Å². The molecule has 1 aliphatic heterocycles. The van der Waals surface area contributed by atoms with Crippen LogP contribution in [0.15, 0.2) is 42.5 Å². The van der Waals surface area contributed by atoms with Crippen LogP contribution in [0.1, 0.15) is 56.2 Å². The van der Waals surface area contributed by atoms with Gasteiger partial charge in [-0.2, -0.15) is 0 Å². The Balaban J connectivity index is 1.62. The Morgan fingerprint density at radius 1 is 0.966 bits per heavy atom. The Kier molecular flexibility index (Phi) is 6.96. The van der Waals surface area contributed by atoms with Crippen LogP contribution in [0.2, 0.25) is 0 Å². The average molecular weight is 395 g/mol. The smallest absolute Gasteiger partial charge is 0.279 e. The van der Waals surface area contributed by atoms with Crippen LogP contribution in [-0.2, 0) is 4.79 Å². The molecule has 0 aliphatic carbocycles. The third-order valence-corrected chi connectivity index (χ3v) is 5.97. The fourth-order valence-electron chi connectivity index (χ4n) is 4.26. The van der Waals surface area contributed by atoms with Crippen molar-refractivity contribution in [1.82, 2.24) is 0 Å². The zero-order valence-corrected chi connectivity index (χ0v) is 18.6. The lowest BCUT2D eigenvalue weighted by molar-refractivity contribution is -0.892. The van der Waals surface area contributed by atoms with E-state index in [1.54, 1.807) is 0 Å². The molecule has 156 valence electrons. The summed E-state index contributed by atoms with van der Waals surface area (Å²) in [5.74, 6) is 0.891. The highest BCUT2D eigenvalue weighted by Crippen LogP contribution is 2.32. The van der Waals surface area contributed by atoms with E-state index in [0.717, 1.165) is 31.9 Å². The molecule has 0 bridgehead atoms. The van der Waals surface area contributed by atoms with Crippen LogP contribution in [0.4, 0.5) is 11.4 Å². The summed E-state index contributed by atoms with van der Waals surface area (Å²) >= 11 is 0. The SMILES string of the molecule is Cc1ccccc1N1CC[NH+](CC(=O)Nc2c(C(C)C)cccc2C(C)C)CC1. The molecule has 1 fully saturated rings. The maximum absolute atomic E-state index is 12.9. The van der Waals surface area contributed by atoms with Crippen molar-refractivity contribution in [3.8, 4) is 0 Å². The first-order valence-corrected chi connectivity index (χ1v) is 10.9. The van der Waals surface area contributed by atoms with E-state index in [4.69, 9.17) is 0 Å². The van der Waals surface area contributed by atoms with Gasteiger partial charge in [0, 0.05) is 11.4 Å². The van der Waals surface area contributed by atoms with Crippen LogP contribution in [0.5, 0.6) is 0 Å². The second-order valence-corrected chi connectivity index (χ2v) is 8.87. The van der Waals surface area contributed by atoms with Gasteiger partial charge in [0.2, 0.25) is 0 Å². The monoisotopic (exact) mass is 394 g/mol. The molecule has 29 heavy (non-hydrogen) atoms. The van der Waals surface area contributed by atoms with Gasteiger partial charge in [-0.25, -0.2) is 0 Å². The van der Waals surface area contributed by atoms with Crippen LogP contribution in [0, 0.1) is 6.92 Å². The molecule has 0 spiro atoms. The fourth-order valence-corrected chi connectivity index (χ4v) is 4.26. The van der Waals surface area contributed by atoms with Gasteiger partial charge in [-0.15, -0.1) is 0 Å². The van der Waals surface area contributed by atoms with Crippen molar-refractivity contribution >= 4 is 17.3 Å². The molecule has 3 rings (SSSR count). The molecule has 1 amide bonds. The van der Waals surface area contributed by atoms with Gasteiger partial charge in [-0.1, -0.05) is 64.1 Å². The standard InChI is InChI=1S/C25H35N3O/c1-18(2)21-10-8-11-22(19(3)4)25(21)26-24(29)17-27-13-15-28(16-14-27)23-12-7-6-9-20(23)5/h6-12,18-19H,13-17H2,1-5H3,(H,26,29)/p+1. The van der Waals surface area contributed by atoms with Crippen molar-refractivity contribution in [3.63, 3.8) is 0 Å². The number of aryl methyl sites for hydroxylation is 1. The summed E-state index contributed by atoms with van der Waals surface area (Å²) in [6, 6.07) is 14.9. The van der Waals surface area contributed by atoms with Crippen LogP contribution >= 0.6 is 0 Å². The Bertz CT molecular complexity index is 809. The lowest BCUT2D eigenvalue weighted by Crippen LogP contribution is -3.15. The number of hydrogen-bond donors (Lipinski definition) is 2. The lowest BCUT2D eigenvalue weighted by Gasteiger charge is -2.34. The quantitative estimate of drug-likeness (QED) is 0.786. The largest absolute Gasteiger partial charge is 0.360 e. The number of nitrogens with zero attached hydrogens (tertiary/aromatic N) is 1. The van der Waals surface area contributed by atoms with Gasteiger partial charge in [0.1, 0.15) is 0 Å². The highest BCUT2D eigenvalue weighted by Gasteiger charge is 2.24. The Morgan fingerprint density at radius 2 is 1.55 bits per heavy atom. The van der Waals surface area contributed by atoms with Gasteiger partial charge in [0.15, 0.2) is 6.54 Å². The van der Waals surface area contributed by atoms with E-state index < -0.39 is 0 Å². The molecule has 0 saturated carbocycles. The first-order valence-electron chi connectivity index (χ1n) is 10.9. The maximum Gasteiger partial charge on any atom is 0.279 e. The van der Waals surface area contributed by atoms with E-state index in [2.05, 4.69) is 87.3 Å². The molecule has 0 atom stereocenters. The molecule has 0 aromatic heterocycles. The highest BCUT2D eigenvalue weighted by atomic mass is 16.2. The van der Waals surface area contributed by atoms with Gasteiger partial charge in [0.25, 0.3) is 5.91 Å². The fraction of sp³-hybridized carbons (Fsp3) is 0.480. The number of carbonyl (C=O) groups is 1. The number of amides is 1. The first kappa shape index (κ1) is 21.4. The Hall–Kier alpha value is -2.33. The number of quaternary nitrogens is 1. The van der Waals surface area contributed by atoms with Crippen molar-refractivity contribution in [1.29, 1.82) is 0 Å². The van der Waals surface area contributed by atoms with E-state index in [0.29, 0.717) is 18.4 Å². The Morgan fingerprint density at radius 3 is 2.10 bits per heavy atom. The normalized spacial score (nSPS) is 15.2. The molecule has 2 aromatic rings. The molecule has 1 heterocycles. The van der Waals surface area contributed by atoms with Crippen molar-refractivity contribution in [3.05, 3.63) is 59.2 Å². The maximum atomic E-state index is 12.9. The summed E-state index contributed by atoms with van der Waals surface area (Å²) in [7, 11) is 0. The van der Waals surface area contributed by atoms with E-state index in [1.165, 1.54) is 27.3 Å². The summed E-state index contributed by atoms with van der Waals surface area (Å²) in [4.78, 5) is 16.7. The summed E-state index contributed by atoms with van der Waals surface area (Å²) in [5, 5.41) is 3.27. The highest BCUT2D eigenvalue weighted by molar-refractivity contribution is 5.93. The van der Waals surface area contributed by atoms with Crippen molar-refractivity contribution in [2.75, 3.05) is 42.9 Å². The van der Waals surface area contributed by atoms with Gasteiger partial charge in [0.05, 0.1) is 26.2 Å². The summed E-state index contributed by atoms with van der Waals surface area (Å²) in [6.45, 7) is 15.4. The molecule has 4 nitrogen and oxygen atoms in total. The number of piperazine rings is 1. The van der Waals surface area contributed by atoms with E-state index >= 15 is 0 Å². The van der Waals surface area contributed by atoms with Crippen LogP contribution < -0.4 is 15.1 Å². The number of anilines is 2. The van der Waals surface area contributed by atoms with Gasteiger partial charge >= 0.3 is 0 Å². The number of benzene rings is 2. The molecular formula is C25H36N3O+. The zero-order valence-electron chi connectivity index (χ0n) is 18.6. The first-order chi connectivity index (χ1) is 13.9. The molecule has 0 radical (unpaired) electrons. The number of carbonyl (C=O) groups excluding carboxylic acids is 1. The van der Waals surface area contributed by atoms with Crippen LogP contribution in [0.25, 0.3) is 0 Å². The topological polar surface area (TPSA) is 36.8 Å². The molecular weight excluding hydrogens is 358 g/mol. The average Bonchev–Trinajstić information content (AvgIpc) is 2.69. The number of para-hydroxylation sites is 2. The van der Waals surface area contributed by atoms with Gasteiger partial charge in [-0.05, 0) is 41.5 Å². The number of rotatable bonds is 6. The number of hydrogen-bond acceptors (Lipinski definition) is 2. The molecule has 2 aromatic carbocycles.